The summed E-state index contributed by atoms with van der Waals surface area (Å²) in [5.74, 6) is -0.239. The third-order valence-corrected chi connectivity index (χ3v) is 2.76. The lowest BCUT2D eigenvalue weighted by Gasteiger charge is -2.07. The number of carboxylic acid groups (broad SMARTS) is 1. The fourth-order valence-corrected chi connectivity index (χ4v) is 1.80. The van der Waals surface area contributed by atoms with E-state index >= 15 is 0 Å². The number of hydrogen-bond acceptors (Lipinski definition) is 4. The van der Waals surface area contributed by atoms with Gasteiger partial charge in [0.1, 0.15) is 5.75 Å². The first kappa shape index (κ1) is 12.9. The number of anilines is 1. The zero-order valence-corrected chi connectivity index (χ0v) is 10.8. The predicted molar refractivity (Wildman–Crippen MR) is 70.5 cm³/mol. The van der Waals surface area contributed by atoms with Gasteiger partial charge in [-0.05, 0) is 17.7 Å². The molecule has 0 bridgehead atoms. The van der Waals surface area contributed by atoms with Crippen molar-refractivity contribution in [2.75, 3.05) is 12.4 Å². The Hall–Kier alpha value is -2.50. The third-order valence-electron chi connectivity index (χ3n) is 2.76. The van der Waals surface area contributed by atoms with Gasteiger partial charge in [-0.3, -0.25) is 4.68 Å². The van der Waals surface area contributed by atoms with Crippen LogP contribution in [0.25, 0.3) is 0 Å². The van der Waals surface area contributed by atoms with Crippen molar-refractivity contribution in [3.05, 3.63) is 41.7 Å². The molecular formula is C13H15N3O3. The highest BCUT2D eigenvalue weighted by atomic mass is 16.5. The summed E-state index contributed by atoms with van der Waals surface area (Å²) in [6.07, 6.45) is 1.50. The van der Waals surface area contributed by atoms with Crippen LogP contribution in [0, 0.1) is 0 Å². The summed E-state index contributed by atoms with van der Waals surface area (Å²) < 4.78 is 6.46. The van der Waals surface area contributed by atoms with Gasteiger partial charge < -0.3 is 15.2 Å². The van der Waals surface area contributed by atoms with Gasteiger partial charge in [0.05, 0.1) is 19.0 Å². The standard InChI is InChI=1S/C13H15N3O3/c1-16-12(13(17)18)11(8-15-16)14-7-9-4-3-5-10(6-9)19-2/h3-6,8,14H,7H2,1-2H3,(H,17,18). The smallest absolute Gasteiger partial charge is 0.356 e. The molecule has 2 N–H and O–H groups in total. The average molecular weight is 261 g/mol. The molecule has 0 radical (unpaired) electrons. The summed E-state index contributed by atoms with van der Waals surface area (Å²) in [5, 5.41) is 16.1. The van der Waals surface area contributed by atoms with Gasteiger partial charge in [-0.2, -0.15) is 5.10 Å². The van der Waals surface area contributed by atoms with Crippen LogP contribution in [-0.2, 0) is 13.6 Å². The van der Waals surface area contributed by atoms with Crippen LogP contribution >= 0.6 is 0 Å². The predicted octanol–water partition coefficient (Wildman–Crippen LogP) is 1.74. The largest absolute Gasteiger partial charge is 0.497 e. The van der Waals surface area contributed by atoms with Crippen molar-refractivity contribution in [3.8, 4) is 5.75 Å². The fraction of sp³-hybridized carbons (Fsp3) is 0.231. The van der Waals surface area contributed by atoms with E-state index in [2.05, 4.69) is 10.4 Å². The van der Waals surface area contributed by atoms with Gasteiger partial charge in [0.2, 0.25) is 0 Å². The summed E-state index contributed by atoms with van der Waals surface area (Å²) in [4.78, 5) is 11.1. The summed E-state index contributed by atoms with van der Waals surface area (Å²) in [6, 6.07) is 7.57. The van der Waals surface area contributed by atoms with Crippen molar-refractivity contribution in [1.82, 2.24) is 9.78 Å². The van der Waals surface area contributed by atoms with E-state index in [-0.39, 0.29) is 5.69 Å². The maximum absolute atomic E-state index is 11.1. The molecule has 0 saturated carbocycles. The van der Waals surface area contributed by atoms with Crippen LogP contribution in [-0.4, -0.2) is 28.0 Å². The maximum atomic E-state index is 11.1. The minimum atomic E-state index is -1.01. The van der Waals surface area contributed by atoms with Gasteiger partial charge in [-0.15, -0.1) is 0 Å². The summed E-state index contributed by atoms with van der Waals surface area (Å²) in [6.45, 7) is 0.503. The van der Waals surface area contributed by atoms with Crippen molar-refractivity contribution in [3.63, 3.8) is 0 Å². The summed E-state index contributed by atoms with van der Waals surface area (Å²) >= 11 is 0. The minimum Gasteiger partial charge on any atom is -0.497 e. The number of methoxy groups -OCH3 is 1. The van der Waals surface area contributed by atoms with E-state index in [1.54, 1.807) is 14.2 Å². The molecule has 1 aromatic heterocycles. The van der Waals surface area contributed by atoms with Gasteiger partial charge in [0.25, 0.3) is 0 Å². The lowest BCUT2D eigenvalue weighted by atomic mass is 10.2. The highest BCUT2D eigenvalue weighted by molar-refractivity contribution is 5.92. The van der Waals surface area contributed by atoms with Crippen molar-refractivity contribution >= 4 is 11.7 Å². The number of carboxylic acids is 1. The molecule has 0 aliphatic rings. The van der Waals surface area contributed by atoms with Crippen molar-refractivity contribution < 1.29 is 14.6 Å². The lowest BCUT2D eigenvalue weighted by Crippen LogP contribution is -2.09. The van der Waals surface area contributed by atoms with E-state index in [0.717, 1.165) is 11.3 Å². The Bertz CT molecular complexity index is 593. The first-order valence-electron chi connectivity index (χ1n) is 5.74. The second-order valence-corrected chi connectivity index (χ2v) is 4.04. The Morgan fingerprint density at radius 2 is 2.32 bits per heavy atom. The quantitative estimate of drug-likeness (QED) is 0.857. The first-order chi connectivity index (χ1) is 9.11. The Balaban J connectivity index is 2.12. The molecule has 0 aliphatic carbocycles. The SMILES string of the molecule is COc1cccc(CNc2cnn(C)c2C(=O)O)c1. The molecule has 0 fully saturated rings. The molecule has 0 amide bonds. The number of aromatic nitrogens is 2. The van der Waals surface area contributed by atoms with Gasteiger partial charge >= 0.3 is 5.97 Å². The Labute approximate surface area is 110 Å². The van der Waals surface area contributed by atoms with Crippen molar-refractivity contribution in [2.45, 2.75) is 6.54 Å². The van der Waals surface area contributed by atoms with E-state index in [9.17, 15) is 4.79 Å². The second-order valence-electron chi connectivity index (χ2n) is 4.04. The molecule has 0 spiro atoms. The zero-order chi connectivity index (χ0) is 13.8. The Kier molecular flexibility index (Phi) is 3.70. The molecule has 6 heteroatoms. The number of benzene rings is 1. The average Bonchev–Trinajstić information content (AvgIpc) is 2.78. The number of carbonyl (C=O) groups is 1. The number of ether oxygens (including phenoxy) is 1. The van der Waals surface area contributed by atoms with Crippen LogP contribution in [0.15, 0.2) is 30.5 Å². The van der Waals surface area contributed by atoms with E-state index in [1.165, 1.54) is 10.9 Å². The number of nitrogens with one attached hydrogen (secondary N) is 1. The van der Waals surface area contributed by atoms with Crippen LogP contribution < -0.4 is 10.1 Å². The minimum absolute atomic E-state index is 0.142. The Morgan fingerprint density at radius 3 is 3.00 bits per heavy atom. The molecule has 0 saturated heterocycles. The summed E-state index contributed by atoms with van der Waals surface area (Å²) in [5.41, 5.74) is 1.64. The molecule has 0 atom stereocenters. The monoisotopic (exact) mass is 261 g/mol. The molecule has 1 heterocycles. The molecule has 2 aromatic rings. The fourth-order valence-electron chi connectivity index (χ4n) is 1.80. The number of nitrogens with zero attached hydrogens (tertiary/aromatic N) is 2. The molecule has 6 nitrogen and oxygen atoms in total. The van der Waals surface area contributed by atoms with Crippen LogP contribution in [0.3, 0.4) is 0 Å². The summed E-state index contributed by atoms with van der Waals surface area (Å²) in [7, 11) is 3.20. The number of hydrogen-bond donors (Lipinski definition) is 2. The van der Waals surface area contributed by atoms with Gasteiger partial charge in [-0.25, -0.2) is 4.79 Å². The van der Waals surface area contributed by atoms with Crippen molar-refractivity contribution in [2.24, 2.45) is 7.05 Å². The van der Waals surface area contributed by atoms with E-state index in [4.69, 9.17) is 9.84 Å². The first-order valence-corrected chi connectivity index (χ1v) is 5.74. The molecule has 2 rings (SSSR count). The van der Waals surface area contributed by atoms with Crippen LogP contribution in [0.2, 0.25) is 0 Å². The van der Waals surface area contributed by atoms with Gasteiger partial charge in [0, 0.05) is 13.6 Å². The lowest BCUT2D eigenvalue weighted by molar-refractivity contribution is 0.0686. The molecule has 19 heavy (non-hydrogen) atoms. The van der Waals surface area contributed by atoms with Crippen LogP contribution in [0.1, 0.15) is 16.1 Å². The van der Waals surface area contributed by atoms with Crippen LogP contribution in [0.4, 0.5) is 5.69 Å². The van der Waals surface area contributed by atoms with Gasteiger partial charge in [0.15, 0.2) is 5.69 Å². The van der Waals surface area contributed by atoms with E-state index in [1.807, 2.05) is 24.3 Å². The van der Waals surface area contributed by atoms with Crippen molar-refractivity contribution in [1.29, 1.82) is 0 Å². The third kappa shape index (κ3) is 2.85. The highest BCUT2D eigenvalue weighted by Gasteiger charge is 2.15. The topological polar surface area (TPSA) is 76.4 Å². The van der Waals surface area contributed by atoms with Crippen LogP contribution in [0.5, 0.6) is 5.75 Å². The van der Waals surface area contributed by atoms with Gasteiger partial charge in [-0.1, -0.05) is 12.1 Å². The molecule has 0 unspecified atom stereocenters. The highest BCUT2D eigenvalue weighted by Crippen LogP contribution is 2.17. The number of rotatable bonds is 5. The normalized spacial score (nSPS) is 10.2. The number of aryl methyl sites for hydroxylation is 1. The van der Waals surface area contributed by atoms with E-state index in [0.29, 0.717) is 12.2 Å². The second kappa shape index (κ2) is 5.43. The molecule has 100 valence electrons. The van der Waals surface area contributed by atoms with E-state index < -0.39 is 5.97 Å². The molecule has 0 aliphatic heterocycles. The number of aromatic carboxylic acids is 1. The zero-order valence-electron chi connectivity index (χ0n) is 10.8. The molecule has 1 aromatic carbocycles. The Morgan fingerprint density at radius 1 is 1.53 bits per heavy atom. The molecular weight excluding hydrogens is 246 g/mol. The maximum Gasteiger partial charge on any atom is 0.356 e.